The zero-order chi connectivity index (χ0) is 21.3. The topological polar surface area (TPSA) is 281 Å². The molecule has 0 rings (SSSR count). The van der Waals surface area contributed by atoms with Crippen molar-refractivity contribution in [3.63, 3.8) is 0 Å². The average molecular weight is 740 g/mol. The summed E-state index contributed by atoms with van der Waals surface area (Å²) in [6.07, 6.45) is -5.43. The van der Waals surface area contributed by atoms with Crippen molar-refractivity contribution in [2.75, 3.05) is 0 Å². The Kier molecular flexibility index (Phi) is 22.5. The SMILES string of the molecule is O=C([O-])CC(O)(CC(=O)[O-])C(=O)[O-].O=C([O-])CC(O)(CC(=O)[O-])C(=O)[O-].[SnH2+2].[SnH2+2].[SnH2+2]. The molecule has 160 valence electrons. The maximum atomic E-state index is 10.1. The van der Waals surface area contributed by atoms with Gasteiger partial charge in [-0.15, -0.1) is 0 Å². The fraction of sp³-hybridized carbons (Fsp3) is 0.500. The standard InChI is InChI=1S/2C6H8O7.3Sn.6H/c2*7-3(8)1-6(13,5(11)12)2-4(9)10;;;;;;;;;/h2*13H,1-2H2,(H,7,8)(H,9,10)(H,11,12);;;;;;;;;/q;;3*+2;;;;;;/p-6. The van der Waals surface area contributed by atoms with E-state index in [2.05, 4.69) is 0 Å². The summed E-state index contributed by atoms with van der Waals surface area (Å²) < 4.78 is 0. The van der Waals surface area contributed by atoms with Crippen LogP contribution in [0.5, 0.6) is 0 Å². The molecule has 0 aliphatic carbocycles. The second-order valence-electron chi connectivity index (χ2n) is 4.83. The molecule has 0 saturated heterocycles. The van der Waals surface area contributed by atoms with E-state index >= 15 is 0 Å². The molecule has 0 saturated carbocycles. The first-order valence-corrected chi connectivity index (χ1v) is 6.23. The summed E-state index contributed by atoms with van der Waals surface area (Å²) in [7, 11) is 0. The van der Waals surface area contributed by atoms with Crippen LogP contribution in [0.2, 0.25) is 0 Å². The van der Waals surface area contributed by atoms with Crippen LogP contribution in [-0.2, 0) is 28.8 Å². The molecule has 17 heteroatoms. The predicted octanol–water partition coefficient (Wildman–Crippen LogP) is -13.3. The van der Waals surface area contributed by atoms with E-state index < -0.39 is 72.7 Å². The third kappa shape index (κ3) is 17.7. The summed E-state index contributed by atoms with van der Waals surface area (Å²) in [4.78, 5) is 60.0. The van der Waals surface area contributed by atoms with Crippen LogP contribution in [-0.4, -0.2) is 129 Å². The van der Waals surface area contributed by atoms with E-state index in [1.807, 2.05) is 0 Å². The maximum absolute atomic E-state index is 10.1. The van der Waals surface area contributed by atoms with Crippen molar-refractivity contribution in [2.45, 2.75) is 36.9 Å². The molecule has 0 aliphatic heterocycles. The Labute approximate surface area is 212 Å². The molecule has 0 aliphatic rings. The van der Waals surface area contributed by atoms with Gasteiger partial charge in [0.25, 0.3) is 0 Å². The molecule has 0 heterocycles. The minimum absolute atomic E-state index is 0. The first-order valence-electron chi connectivity index (χ1n) is 6.23. The average Bonchev–Trinajstić information content (AvgIpc) is 2.34. The molecule has 0 bridgehead atoms. The number of carboxylic acids is 6. The molecule has 0 atom stereocenters. The normalized spacial score (nSPS) is 9.72. The molecule has 29 heavy (non-hydrogen) atoms. The second kappa shape index (κ2) is 16.9. The Balaban J connectivity index is -0.000000120. The van der Waals surface area contributed by atoms with Gasteiger partial charge in [-0.05, 0) is 0 Å². The molecule has 14 nitrogen and oxygen atoms in total. The van der Waals surface area contributed by atoms with Crippen LogP contribution in [0.3, 0.4) is 0 Å². The minimum atomic E-state index is -2.97. The monoisotopic (exact) mass is 744 g/mol. The molecule has 2 N–H and O–H groups in total. The van der Waals surface area contributed by atoms with Gasteiger partial charge in [0, 0.05) is 49.6 Å². The van der Waals surface area contributed by atoms with Gasteiger partial charge in [0.15, 0.2) is 0 Å². The van der Waals surface area contributed by atoms with E-state index in [0.717, 1.165) is 0 Å². The molecule has 0 aromatic heterocycles. The third-order valence-corrected chi connectivity index (χ3v) is 2.51. The van der Waals surface area contributed by atoms with Gasteiger partial charge in [-0.3, -0.25) is 0 Å². The van der Waals surface area contributed by atoms with E-state index in [9.17, 15) is 59.4 Å². The van der Waals surface area contributed by atoms with Crippen molar-refractivity contribution in [3.8, 4) is 0 Å². The quantitative estimate of drug-likeness (QED) is 0.197. The first kappa shape index (κ1) is 38.7. The second-order valence-corrected chi connectivity index (χ2v) is 4.83. The number of aliphatic carboxylic acids is 6. The Morgan fingerprint density at radius 3 is 0.690 bits per heavy atom. The number of rotatable bonds is 10. The van der Waals surface area contributed by atoms with Crippen LogP contribution >= 0.6 is 0 Å². The van der Waals surface area contributed by atoms with Gasteiger partial charge in [0.05, 0.1) is 11.9 Å². The number of carboxylic acid groups (broad SMARTS) is 6. The molecule has 0 spiro atoms. The van der Waals surface area contributed by atoms with Crippen molar-refractivity contribution in [3.05, 3.63) is 0 Å². The molecule has 0 radical (unpaired) electrons. The van der Waals surface area contributed by atoms with Crippen LogP contribution in [0.4, 0.5) is 0 Å². The summed E-state index contributed by atoms with van der Waals surface area (Å²) in [5, 5.41) is 77.9. The van der Waals surface area contributed by atoms with Crippen LogP contribution in [0.15, 0.2) is 0 Å². The number of hydrogen-bond donors (Lipinski definition) is 2. The van der Waals surface area contributed by atoms with Gasteiger partial charge >= 0.3 is 71.7 Å². The number of aliphatic hydroxyl groups is 2. The molecule has 0 fully saturated rings. The molecule has 0 aromatic rings. The zero-order valence-corrected chi connectivity index (χ0v) is 26.9. The van der Waals surface area contributed by atoms with Crippen molar-refractivity contribution in [1.82, 2.24) is 0 Å². The zero-order valence-electron chi connectivity index (χ0n) is 14.7. The molecule has 0 aromatic carbocycles. The van der Waals surface area contributed by atoms with Gasteiger partial charge in [0.1, 0.15) is 11.2 Å². The predicted molar refractivity (Wildman–Crippen MR) is 84.0 cm³/mol. The third-order valence-electron chi connectivity index (χ3n) is 2.51. The van der Waals surface area contributed by atoms with Crippen LogP contribution in [0.25, 0.3) is 0 Å². The Morgan fingerprint density at radius 1 is 0.483 bits per heavy atom. The Morgan fingerprint density at radius 2 is 0.621 bits per heavy atom. The first-order chi connectivity index (χ1) is 11.6. The van der Waals surface area contributed by atoms with Gasteiger partial charge in [-0.25, -0.2) is 0 Å². The van der Waals surface area contributed by atoms with E-state index in [1.54, 1.807) is 0 Å². The van der Waals surface area contributed by atoms with E-state index in [1.165, 1.54) is 0 Å². The van der Waals surface area contributed by atoms with Crippen molar-refractivity contribution < 1.29 is 69.6 Å². The molecule has 0 unspecified atom stereocenters. The fourth-order valence-electron chi connectivity index (χ4n) is 1.37. The summed E-state index contributed by atoms with van der Waals surface area (Å²) in [5.74, 6) is -12.0. The number of carbonyl (C=O) groups excluding carboxylic acids is 6. The van der Waals surface area contributed by atoms with Crippen LogP contribution < -0.4 is 30.6 Å². The van der Waals surface area contributed by atoms with Crippen molar-refractivity contribution in [2.24, 2.45) is 0 Å². The van der Waals surface area contributed by atoms with Crippen LogP contribution in [0, 0.1) is 0 Å². The summed E-state index contributed by atoms with van der Waals surface area (Å²) in [6.45, 7) is 0. The Bertz CT molecular complexity index is 521. The Hall–Kier alpha value is -0.864. The van der Waals surface area contributed by atoms with E-state index in [4.69, 9.17) is 10.2 Å². The number of carbonyl (C=O) groups is 6. The molecular formula is C12H16O14Sn3. The fourth-order valence-corrected chi connectivity index (χ4v) is 1.37. The van der Waals surface area contributed by atoms with Gasteiger partial charge in [-0.1, -0.05) is 0 Å². The van der Waals surface area contributed by atoms with Gasteiger partial charge in [0.2, 0.25) is 0 Å². The van der Waals surface area contributed by atoms with E-state index in [-0.39, 0.29) is 71.7 Å². The molecule has 0 amide bonds. The van der Waals surface area contributed by atoms with Crippen molar-refractivity contribution in [1.29, 1.82) is 0 Å². The van der Waals surface area contributed by atoms with Gasteiger partial charge < -0.3 is 69.6 Å². The summed E-state index contributed by atoms with van der Waals surface area (Å²) in [5.41, 5.74) is -5.95. The van der Waals surface area contributed by atoms with E-state index in [0.29, 0.717) is 0 Å². The summed E-state index contributed by atoms with van der Waals surface area (Å²) >= 11 is 0. The molecular weight excluding hydrogens is 724 g/mol. The van der Waals surface area contributed by atoms with Gasteiger partial charge in [-0.2, -0.15) is 0 Å². The number of hydrogen-bond acceptors (Lipinski definition) is 14. The summed E-state index contributed by atoms with van der Waals surface area (Å²) in [6, 6.07) is 0. The van der Waals surface area contributed by atoms with Crippen LogP contribution in [0.1, 0.15) is 25.7 Å². The van der Waals surface area contributed by atoms with Crippen molar-refractivity contribution >= 4 is 108 Å².